The molecule has 1 unspecified atom stereocenters. The third kappa shape index (κ3) is 4.78. The van der Waals surface area contributed by atoms with E-state index in [0.29, 0.717) is 12.8 Å². The van der Waals surface area contributed by atoms with Crippen LogP contribution in [0.1, 0.15) is 25.7 Å². The van der Waals surface area contributed by atoms with Crippen LogP contribution in [0.3, 0.4) is 0 Å². The molecule has 1 rings (SSSR count). The van der Waals surface area contributed by atoms with Gasteiger partial charge in [-0.15, -0.1) is 0 Å². The molecule has 2 N–H and O–H groups in total. The molecular formula is C10H18N2O3. The minimum Gasteiger partial charge on any atom is -0.481 e. The van der Waals surface area contributed by atoms with Gasteiger partial charge < -0.3 is 15.3 Å². The fourth-order valence-corrected chi connectivity index (χ4v) is 1.78. The van der Waals surface area contributed by atoms with Crippen molar-refractivity contribution in [2.45, 2.75) is 31.7 Å². The average molecular weight is 214 g/mol. The van der Waals surface area contributed by atoms with Crippen molar-refractivity contribution in [2.75, 3.05) is 20.1 Å². The van der Waals surface area contributed by atoms with Crippen LogP contribution in [0.5, 0.6) is 0 Å². The van der Waals surface area contributed by atoms with Crippen LogP contribution >= 0.6 is 0 Å². The Labute approximate surface area is 89.4 Å². The zero-order chi connectivity index (χ0) is 11.3. The SMILES string of the molecule is CN(CCCC(=O)O)CC1CCC(=O)N1. The second kappa shape index (κ2) is 5.70. The van der Waals surface area contributed by atoms with Gasteiger partial charge in [0.2, 0.25) is 5.91 Å². The summed E-state index contributed by atoms with van der Waals surface area (Å²) in [6.07, 6.45) is 2.38. The molecule has 1 amide bonds. The van der Waals surface area contributed by atoms with Gasteiger partial charge >= 0.3 is 5.97 Å². The van der Waals surface area contributed by atoms with Gasteiger partial charge in [-0.05, 0) is 26.4 Å². The lowest BCUT2D eigenvalue weighted by Crippen LogP contribution is -2.37. The molecule has 5 heteroatoms. The third-order valence-corrected chi connectivity index (χ3v) is 2.55. The fraction of sp³-hybridized carbons (Fsp3) is 0.800. The maximum Gasteiger partial charge on any atom is 0.303 e. The third-order valence-electron chi connectivity index (χ3n) is 2.55. The first kappa shape index (κ1) is 12.0. The molecule has 0 radical (unpaired) electrons. The van der Waals surface area contributed by atoms with E-state index in [4.69, 9.17) is 5.11 Å². The summed E-state index contributed by atoms with van der Waals surface area (Å²) < 4.78 is 0. The molecule has 0 aromatic heterocycles. The second-order valence-electron chi connectivity index (χ2n) is 4.06. The number of hydrogen-bond donors (Lipinski definition) is 2. The number of rotatable bonds is 6. The predicted octanol–water partition coefficient (Wildman–Crippen LogP) is 0.0616. The highest BCUT2D eigenvalue weighted by molar-refractivity contribution is 5.78. The van der Waals surface area contributed by atoms with Gasteiger partial charge in [-0.3, -0.25) is 9.59 Å². The molecule has 1 heterocycles. The van der Waals surface area contributed by atoms with Gasteiger partial charge in [0.15, 0.2) is 0 Å². The smallest absolute Gasteiger partial charge is 0.303 e. The summed E-state index contributed by atoms with van der Waals surface area (Å²) in [5, 5.41) is 11.4. The molecule has 1 fully saturated rings. The van der Waals surface area contributed by atoms with Gasteiger partial charge in [0, 0.05) is 25.4 Å². The number of carbonyl (C=O) groups is 2. The van der Waals surface area contributed by atoms with E-state index < -0.39 is 5.97 Å². The predicted molar refractivity (Wildman–Crippen MR) is 55.5 cm³/mol. The molecule has 15 heavy (non-hydrogen) atoms. The highest BCUT2D eigenvalue weighted by Crippen LogP contribution is 2.07. The van der Waals surface area contributed by atoms with Crippen LogP contribution in [0.15, 0.2) is 0 Å². The van der Waals surface area contributed by atoms with Crippen LogP contribution in [0.25, 0.3) is 0 Å². The van der Waals surface area contributed by atoms with Crippen molar-refractivity contribution in [3.05, 3.63) is 0 Å². The number of hydrogen-bond acceptors (Lipinski definition) is 3. The maximum absolute atomic E-state index is 10.9. The topological polar surface area (TPSA) is 69.6 Å². The minimum absolute atomic E-state index is 0.124. The van der Waals surface area contributed by atoms with Crippen LogP contribution in [0.4, 0.5) is 0 Å². The van der Waals surface area contributed by atoms with Crippen molar-refractivity contribution in [3.8, 4) is 0 Å². The summed E-state index contributed by atoms with van der Waals surface area (Å²) in [6, 6.07) is 0.243. The summed E-state index contributed by atoms with van der Waals surface area (Å²) in [5.74, 6) is -0.628. The lowest BCUT2D eigenvalue weighted by molar-refractivity contribution is -0.137. The molecule has 0 aromatic carbocycles. The van der Waals surface area contributed by atoms with Crippen molar-refractivity contribution >= 4 is 11.9 Å². The first-order chi connectivity index (χ1) is 7.08. The van der Waals surface area contributed by atoms with Crippen LogP contribution in [-0.4, -0.2) is 48.1 Å². The molecule has 86 valence electrons. The van der Waals surface area contributed by atoms with Gasteiger partial charge in [-0.25, -0.2) is 0 Å². The first-order valence-corrected chi connectivity index (χ1v) is 5.27. The van der Waals surface area contributed by atoms with Crippen LogP contribution in [0, 0.1) is 0 Å². The van der Waals surface area contributed by atoms with E-state index in [-0.39, 0.29) is 18.4 Å². The standard InChI is InChI=1S/C10H18N2O3/c1-12(6-2-3-10(14)15)7-8-4-5-9(13)11-8/h8H,2-7H2,1H3,(H,11,13)(H,14,15). The molecule has 1 saturated heterocycles. The molecule has 1 aliphatic rings. The van der Waals surface area contributed by atoms with E-state index in [2.05, 4.69) is 10.2 Å². The zero-order valence-corrected chi connectivity index (χ0v) is 9.03. The molecule has 0 saturated carbocycles. The summed E-state index contributed by atoms with van der Waals surface area (Å²) in [6.45, 7) is 1.57. The highest BCUT2D eigenvalue weighted by Gasteiger charge is 2.21. The van der Waals surface area contributed by atoms with E-state index in [1.54, 1.807) is 0 Å². The lowest BCUT2D eigenvalue weighted by Gasteiger charge is -2.20. The normalized spacial score (nSPS) is 20.7. The van der Waals surface area contributed by atoms with Crippen molar-refractivity contribution in [2.24, 2.45) is 0 Å². The fourth-order valence-electron chi connectivity index (χ4n) is 1.78. The first-order valence-electron chi connectivity index (χ1n) is 5.27. The number of likely N-dealkylation sites (N-methyl/N-ethyl adjacent to an activating group) is 1. The van der Waals surface area contributed by atoms with Gasteiger partial charge in [0.1, 0.15) is 0 Å². The Kier molecular flexibility index (Phi) is 4.55. The van der Waals surface area contributed by atoms with Gasteiger partial charge in [0.25, 0.3) is 0 Å². The number of nitrogens with zero attached hydrogens (tertiary/aromatic N) is 1. The average Bonchev–Trinajstić information content (AvgIpc) is 2.50. The Morgan fingerprint density at radius 3 is 2.93 bits per heavy atom. The Morgan fingerprint density at radius 2 is 2.40 bits per heavy atom. The Morgan fingerprint density at radius 1 is 1.67 bits per heavy atom. The number of aliphatic carboxylic acids is 1. The number of nitrogens with one attached hydrogen (secondary N) is 1. The molecule has 5 nitrogen and oxygen atoms in total. The zero-order valence-electron chi connectivity index (χ0n) is 9.03. The molecule has 1 aliphatic heterocycles. The molecule has 1 atom stereocenters. The van der Waals surface area contributed by atoms with E-state index in [1.807, 2.05) is 7.05 Å². The quantitative estimate of drug-likeness (QED) is 0.656. The van der Waals surface area contributed by atoms with Gasteiger partial charge in [-0.1, -0.05) is 0 Å². The van der Waals surface area contributed by atoms with Crippen molar-refractivity contribution < 1.29 is 14.7 Å². The van der Waals surface area contributed by atoms with E-state index >= 15 is 0 Å². The largest absolute Gasteiger partial charge is 0.481 e. The monoisotopic (exact) mass is 214 g/mol. The summed E-state index contributed by atoms with van der Waals surface area (Å²) in [7, 11) is 1.95. The molecular weight excluding hydrogens is 196 g/mol. The van der Waals surface area contributed by atoms with Gasteiger partial charge in [-0.2, -0.15) is 0 Å². The van der Waals surface area contributed by atoms with E-state index in [0.717, 1.165) is 19.5 Å². The maximum atomic E-state index is 10.9. The summed E-state index contributed by atoms with van der Waals surface area (Å²) in [5.41, 5.74) is 0. The van der Waals surface area contributed by atoms with E-state index in [9.17, 15) is 9.59 Å². The minimum atomic E-state index is -0.752. The second-order valence-corrected chi connectivity index (χ2v) is 4.06. The highest BCUT2D eigenvalue weighted by atomic mass is 16.4. The Hall–Kier alpha value is -1.10. The number of carboxylic acids is 1. The van der Waals surface area contributed by atoms with Crippen molar-refractivity contribution in [1.29, 1.82) is 0 Å². The molecule has 0 bridgehead atoms. The molecule has 0 spiro atoms. The number of amides is 1. The lowest BCUT2D eigenvalue weighted by atomic mass is 10.2. The number of carboxylic acid groups (broad SMARTS) is 1. The van der Waals surface area contributed by atoms with Crippen LogP contribution < -0.4 is 5.32 Å². The van der Waals surface area contributed by atoms with Gasteiger partial charge in [0.05, 0.1) is 0 Å². The van der Waals surface area contributed by atoms with E-state index in [1.165, 1.54) is 0 Å². The van der Waals surface area contributed by atoms with Crippen LogP contribution in [-0.2, 0) is 9.59 Å². The van der Waals surface area contributed by atoms with Crippen molar-refractivity contribution in [1.82, 2.24) is 10.2 Å². The Bertz CT molecular complexity index is 243. The molecule has 0 aromatic rings. The number of carbonyl (C=O) groups excluding carboxylic acids is 1. The van der Waals surface area contributed by atoms with Crippen molar-refractivity contribution in [3.63, 3.8) is 0 Å². The van der Waals surface area contributed by atoms with Crippen LogP contribution in [0.2, 0.25) is 0 Å². The summed E-state index contributed by atoms with van der Waals surface area (Å²) >= 11 is 0. The summed E-state index contributed by atoms with van der Waals surface area (Å²) in [4.78, 5) is 23.3. The Balaban J connectivity index is 2.10. The molecule has 0 aliphatic carbocycles.